The molecule has 0 aromatic carbocycles. The first-order chi connectivity index (χ1) is 12.6. The van der Waals surface area contributed by atoms with Crippen molar-refractivity contribution in [3.8, 4) is 10.7 Å². The van der Waals surface area contributed by atoms with Crippen LogP contribution in [0.2, 0.25) is 0 Å². The fourth-order valence-corrected chi connectivity index (χ4v) is 2.62. The quantitative estimate of drug-likeness (QED) is 0.720. The van der Waals surface area contributed by atoms with Crippen LogP contribution >= 0.6 is 11.3 Å². The number of nitrogens with one attached hydrogen (secondary N) is 2. The van der Waals surface area contributed by atoms with Crippen LogP contribution in [0.3, 0.4) is 0 Å². The molecule has 2 aromatic rings. The van der Waals surface area contributed by atoms with Gasteiger partial charge in [0.25, 0.3) is 5.91 Å². The van der Waals surface area contributed by atoms with Gasteiger partial charge in [0.2, 0.25) is 11.7 Å². The van der Waals surface area contributed by atoms with Gasteiger partial charge in [-0.15, -0.1) is 11.3 Å². The molecule has 2 N–H and O–H groups in total. The molecule has 0 unspecified atom stereocenters. The van der Waals surface area contributed by atoms with Gasteiger partial charge in [0.05, 0.1) is 11.3 Å². The van der Waals surface area contributed by atoms with Gasteiger partial charge in [-0.2, -0.15) is 4.98 Å². The highest BCUT2D eigenvalue weighted by atomic mass is 32.1. The van der Waals surface area contributed by atoms with Gasteiger partial charge >= 0.3 is 12.0 Å². The van der Waals surface area contributed by atoms with Gasteiger partial charge in [0.15, 0.2) is 6.10 Å². The van der Waals surface area contributed by atoms with Gasteiger partial charge in [-0.3, -0.25) is 14.9 Å². The third-order valence-electron chi connectivity index (χ3n) is 3.16. The van der Waals surface area contributed by atoms with Gasteiger partial charge < -0.3 is 14.6 Å². The van der Waals surface area contributed by atoms with E-state index in [9.17, 15) is 14.4 Å². The van der Waals surface area contributed by atoms with Crippen molar-refractivity contribution < 1.29 is 23.6 Å². The highest BCUT2D eigenvalue weighted by Crippen LogP contribution is 2.21. The molecule has 0 saturated carbocycles. The first-order valence-corrected chi connectivity index (χ1v) is 9.21. The van der Waals surface area contributed by atoms with Gasteiger partial charge in [0.1, 0.15) is 0 Å². The van der Waals surface area contributed by atoms with E-state index in [0.717, 1.165) is 4.88 Å². The summed E-state index contributed by atoms with van der Waals surface area (Å²) in [4.78, 5) is 40.5. The fourth-order valence-electron chi connectivity index (χ4n) is 1.97. The Kier molecular flexibility index (Phi) is 6.67. The fraction of sp³-hybridized carbons (Fsp3) is 0.471. The molecule has 3 amide bonds. The van der Waals surface area contributed by atoms with Crippen molar-refractivity contribution in [1.82, 2.24) is 20.8 Å². The van der Waals surface area contributed by atoms with E-state index in [4.69, 9.17) is 9.26 Å². The van der Waals surface area contributed by atoms with Crippen LogP contribution in [0.15, 0.2) is 22.0 Å². The second-order valence-corrected chi connectivity index (χ2v) is 7.76. The van der Waals surface area contributed by atoms with Crippen LogP contribution in [0.5, 0.6) is 0 Å². The number of carbonyl (C=O) groups is 3. The summed E-state index contributed by atoms with van der Waals surface area (Å²) in [5.74, 6) is -0.546. The second kappa shape index (κ2) is 8.76. The smallest absolute Gasteiger partial charge is 0.321 e. The van der Waals surface area contributed by atoms with E-state index in [2.05, 4.69) is 20.8 Å². The zero-order valence-electron chi connectivity index (χ0n) is 15.6. The predicted molar refractivity (Wildman–Crippen MR) is 97.9 cm³/mol. The lowest BCUT2D eigenvalue weighted by Gasteiger charge is -2.21. The summed E-state index contributed by atoms with van der Waals surface area (Å²) >= 11 is 1.48. The van der Waals surface area contributed by atoms with Crippen molar-refractivity contribution in [2.45, 2.75) is 52.2 Å². The van der Waals surface area contributed by atoms with E-state index in [1.54, 1.807) is 20.8 Å². The van der Waals surface area contributed by atoms with Gasteiger partial charge in [-0.1, -0.05) is 11.2 Å². The summed E-state index contributed by atoms with van der Waals surface area (Å²) in [7, 11) is 0. The Balaban J connectivity index is 1.76. The number of aryl methyl sites for hydroxylation is 1. The van der Waals surface area contributed by atoms with Crippen molar-refractivity contribution in [1.29, 1.82) is 0 Å². The lowest BCUT2D eigenvalue weighted by molar-refractivity contribution is -0.154. The van der Waals surface area contributed by atoms with Crippen LogP contribution in [-0.4, -0.2) is 39.7 Å². The molecule has 2 heterocycles. The van der Waals surface area contributed by atoms with E-state index >= 15 is 0 Å². The number of hydrogen-bond donors (Lipinski definition) is 2. The third-order valence-corrected chi connectivity index (χ3v) is 4.02. The van der Waals surface area contributed by atoms with Crippen LogP contribution in [0.25, 0.3) is 10.7 Å². The Morgan fingerprint density at radius 3 is 2.70 bits per heavy atom. The summed E-state index contributed by atoms with van der Waals surface area (Å²) in [6.45, 7) is 6.73. The minimum Gasteiger partial charge on any atom is -0.453 e. The van der Waals surface area contributed by atoms with Crippen LogP contribution in [0, 0.1) is 0 Å². The van der Waals surface area contributed by atoms with Crippen molar-refractivity contribution in [3.63, 3.8) is 0 Å². The topological polar surface area (TPSA) is 123 Å². The molecule has 146 valence electrons. The number of urea groups is 1. The van der Waals surface area contributed by atoms with Crippen LogP contribution < -0.4 is 10.6 Å². The molecule has 9 nitrogen and oxygen atoms in total. The van der Waals surface area contributed by atoms with Crippen LogP contribution in [-0.2, 0) is 20.7 Å². The summed E-state index contributed by atoms with van der Waals surface area (Å²) in [6.07, 6.45) is -0.943. The van der Waals surface area contributed by atoms with E-state index in [1.807, 2.05) is 17.5 Å². The number of rotatable bonds is 6. The summed E-state index contributed by atoms with van der Waals surface area (Å²) in [6, 6.07) is 3.09. The molecule has 0 aliphatic heterocycles. The number of esters is 1. The lowest BCUT2D eigenvalue weighted by atomic mass is 10.1. The minimum absolute atomic E-state index is 0.0299. The summed E-state index contributed by atoms with van der Waals surface area (Å²) in [5.41, 5.74) is -0.490. The molecule has 27 heavy (non-hydrogen) atoms. The lowest BCUT2D eigenvalue weighted by Crippen LogP contribution is -2.50. The molecule has 0 aliphatic carbocycles. The Hall–Kier alpha value is -2.75. The number of amides is 3. The molecular formula is C17H22N4O5S. The van der Waals surface area contributed by atoms with Gasteiger partial charge in [0, 0.05) is 12.0 Å². The average molecular weight is 394 g/mol. The van der Waals surface area contributed by atoms with E-state index in [-0.39, 0.29) is 12.8 Å². The normalized spacial score (nSPS) is 12.3. The van der Waals surface area contributed by atoms with E-state index in [0.29, 0.717) is 11.7 Å². The second-order valence-electron chi connectivity index (χ2n) is 6.81. The van der Waals surface area contributed by atoms with Crippen LogP contribution in [0.4, 0.5) is 4.79 Å². The summed E-state index contributed by atoms with van der Waals surface area (Å²) < 4.78 is 10.1. The average Bonchev–Trinajstić information content (AvgIpc) is 3.22. The van der Waals surface area contributed by atoms with Crippen molar-refractivity contribution >= 4 is 29.2 Å². The Morgan fingerprint density at radius 1 is 1.33 bits per heavy atom. The molecule has 0 saturated heterocycles. The molecular weight excluding hydrogens is 372 g/mol. The number of ether oxygens (including phenoxy) is 1. The van der Waals surface area contributed by atoms with Crippen LogP contribution in [0.1, 0.15) is 40.0 Å². The number of hydrogen-bond acceptors (Lipinski definition) is 8. The third kappa shape index (κ3) is 6.81. The molecule has 0 aliphatic rings. The van der Waals surface area contributed by atoms with E-state index in [1.165, 1.54) is 18.3 Å². The first-order valence-electron chi connectivity index (χ1n) is 8.33. The number of thiophene rings is 1. The van der Waals surface area contributed by atoms with Crippen molar-refractivity contribution in [2.24, 2.45) is 0 Å². The first kappa shape index (κ1) is 20.6. The van der Waals surface area contributed by atoms with Crippen molar-refractivity contribution in [3.05, 3.63) is 23.4 Å². The zero-order chi connectivity index (χ0) is 20.0. The zero-order valence-corrected chi connectivity index (χ0v) is 16.4. The standard InChI is InChI=1S/C17H22N4O5S/c1-10(15(23)19-16(24)20-17(2,3)4)25-13(22)8-7-12-18-14(21-26-12)11-6-5-9-27-11/h5-6,9-10H,7-8H2,1-4H3,(H2,19,20,23,24)/t10-/m0/s1. The number of imide groups is 1. The van der Waals surface area contributed by atoms with Gasteiger partial charge in [-0.05, 0) is 39.1 Å². The highest BCUT2D eigenvalue weighted by Gasteiger charge is 2.22. The van der Waals surface area contributed by atoms with Gasteiger partial charge in [-0.25, -0.2) is 4.79 Å². The monoisotopic (exact) mass is 394 g/mol. The molecule has 2 rings (SSSR count). The Morgan fingerprint density at radius 2 is 2.07 bits per heavy atom. The number of carbonyl (C=O) groups excluding carboxylic acids is 3. The molecule has 0 radical (unpaired) electrons. The Labute approximate surface area is 160 Å². The SMILES string of the molecule is C[C@H](OC(=O)CCc1nc(-c2cccs2)no1)C(=O)NC(=O)NC(C)(C)C. The number of aromatic nitrogens is 2. The van der Waals surface area contributed by atoms with E-state index < -0.39 is 29.6 Å². The summed E-state index contributed by atoms with van der Waals surface area (Å²) in [5, 5.41) is 10.5. The Bertz CT molecular complexity index is 795. The molecule has 10 heteroatoms. The number of nitrogens with zero attached hydrogens (tertiary/aromatic N) is 2. The maximum atomic E-state index is 11.9. The minimum atomic E-state index is -1.10. The van der Waals surface area contributed by atoms with Crippen molar-refractivity contribution in [2.75, 3.05) is 0 Å². The maximum Gasteiger partial charge on any atom is 0.321 e. The molecule has 0 fully saturated rings. The molecule has 0 spiro atoms. The molecule has 1 atom stereocenters. The highest BCUT2D eigenvalue weighted by molar-refractivity contribution is 7.13. The maximum absolute atomic E-state index is 11.9. The largest absolute Gasteiger partial charge is 0.453 e. The predicted octanol–water partition coefficient (Wildman–Crippen LogP) is 2.29. The molecule has 2 aromatic heterocycles. The molecule has 0 bridgehead atoms.